The molecule has 0 heterocycles. The van der Waals surface area contributed by atoms with Gasteiger partial charge < -0.3 is 9.47 Å². The minimum atomic E-state index is -0.358. The highest BCUT2D eigenvalue weighted by molar-refractivity contribution is 5.89. The number of hydrogen-bond acceptors (Lipinski definition) is 4. The number of esters is 2. The summed E-state index contributed by atoms with van der Waals surface area (Å²) in [4.78, 5) is 22.7. The van der Waals surface area contributed by atoms with Crippen molar-refractivity contribution in [1.29, 1.82) is 0 Å². The molecule has 1 atom stereocenters. The number of carbonyl (C=O) groups excluding carboxylic acids is 2. The first-order chi connectivity index (χ1) is 8.97. The molecule has 4 nitrogen and oxygen atoms in total. The largest absolute Gasteiger partial charge is 0.465 e. The van der Waals surface area contributed by atoms with Gasteiger partial charge in [0.2, 0.25) is 0 Å². The second kappa shape index (κ2) is 6.92. The molecule has 1 aromatic rings. The summed E-state index contributed by atoms with van der Waals surface area (Å²) >= 11 is 0. The SMILES string of the molecule is CCC(C)(COC(C)=O)COC(=O)c1ccccc1. The van der Waals surface area contributed by atoms with Crippen LogP contribution in [0, 0.1) is 5.41 Å². The van der Waals surface area contributed by atoms with Crippen LogP contribution in [-0.4, -0.2) is 25.2 Å². The standard InChI is InChI=1S/C15H20O4/c1-4-15(3,10-18-12(2)16)11-19-14(17)13-8-6-5-7-9-13/h5-9H,4,10-11H2,1-3H3. The Morgan fingerprint density at radius 2 is 1.68 bits per heavy atom. The molecule has 0 spiro atoms. The summed E-state index contributed by atoms with van der Waals surface area (Å²) in [5.74, 6) is -0.683. The van der Waals surface area contributed by atoms with Gasteiger partial charge in [-0.1, -0.05) is 32.0 Å². The molecule has 1 rings (SSSR count). The van der Waals surface area contributed by atoms with E-state index in [2.05, 4.69) is 0 Å². The van der Waals surface area contributed by atoms with Gasteiger partial charge in [0.05, 0.1) is 12.2 Å². The van der Waals surface area contributed by atoms with Gasteiger partial charge in [-0.2, -0.15) is 0 Å². The average Bonchev–Trinajstić information content (AvgIpc) is 2.43. The fourth-order valence-electron chi connectivity index (χ4n) is 1.42. The van der Waals surface area contributed by atoms with E-state index < -0.39 is 0 Å². The van der Waals surface area contributed by atoms with E-state index in [4.69, 9.17) is 9.47 Å². The molecule has 0 N–H and O–H groups in total. The van der Waals surface area contributed by atoms with Crippen molar-refractivity contribution in [3.8, 4) is 0 Å². The number of ether oxygens (including phenoxy) is 2. The van der Waals surface area contributed by atoms with Crippen LogP contribution in [0.5, 0.6) is 0 Å². The zero-order chi connectivity index (χ0) is 14.3. The van der Waals surface area contributed by atoms with E-state index in [0.717, 1.165) is 6.42 Å². The molecule has 0 amide bonds. The van der Waals surface area contributed by atoms with E-state index in [1.165, 1.54) is 6.92 Å². The smallest absolute Gasteiger partial charge is 0.338 e. The van der Waals surface area contributed by atoms with Gasteiger partial charge in [0.25, 0.3) is 0 Å². The molecule has 0 bridgehead atoms. The van der Waals surface area contributed by atoms with E-state index in [0.29, 0.717) is 5.56 Å². The predicted molar refractivity (Wildman–Crippen MR) is 71.8 cm³/mol. The van der Waals surface area contributed by atoms with E-state index >= 15 is 0 Å². The van der Waals surface area contributed by atoms with E-state index in [1.807, 2.05) is 19.9 Å². The quantitative estimate of drug-likeness (QED) is 0.741. The molecule has 0 saturated heterocycles. The third-order valence-corrected chi connectivity index (χ3v) is 3.04. The van der Waals surface area contributed by atoms with Gasteiger partial charge >= 0.3 is 11.9 Å². The molecule has 0 fully saturated rings. The van der Waals surface area contributed by atoms with Gasteiger partial charge in [0.1, 0.15) is 6.61 Å². The number of carbonyl (C=O) groups is 2. The summed E-state index contributed by atoms with van der Waals surface area (Å²) in [6, 6.07) is 8.83. The van der Waals surface area contributed by atoms with Crippen molar-refractivity contribution in [3.05, 3.63) is 35.9 Å². The zero-order valence-electron chi connectivity index (χ0n) is 11.6. The third-order valence-electron chi connectivity index (χ3n) is 3.04. The molecule has 1 aromatic carbocycles. The van der Waals surface area contributed by atoms with E-state index in [-0.39, 0.29) is 30.6 Å². The molecule has 19 heavy (non-hydrogen) atoms. The summed E-state index contributed by atoms with van der Waals surface area (Å²) < 4.78 is 10.3. The van der Waals surface area contributed by atoms with Crippen molar-refractivity contribution < 1.29 is 19.1 Å². The minimum Gasteiger partial charge on any atom is -0.465 e. The molecule has 1 unspecified atom stereocenters. The average molecular weight is 264 g/mol. The number of hydrogen-bond donors (Lipinski definition) is 0. The Bertz CT molecular complexity index is 427. The molecular formula is C15H20O4. The van der Waals surface area contributed by atoms with Gasteiger partial charge in [-0.3, -0.25) is 4.79 Å². The highest BCUT2D eigenvalue weighted by atomic mass is 16.5. The lowest BCUT2D eigenvalue weighted by Crippen LogP contribution is -2.30. The Labute approximate surface area is 113 Å². The second-order valence-electron chi connectivity index (χ2n) is 4.89. The Hall–Kier alpha value is -1.84. The first kappa shape index (κ1) is 15.2. The Morgan fingerprint density at radius 1 is 1.11 bits per heavy atom. The Kier molecular flexibility index (Phi) is 5.55. The van der Waals surface area contributed by atoms with Crippen LogP contribution in [0.2, 0.25) is 0 Å². The molecule has 0 aliphatic heterocycles. The normalized spacial score (nSPS) is 13.4. The molecule has 0 aliphatic rings. The lowest BCUT2D eigenvalue weighted by molar-refractivity contribution is -0.145. The zero-order valence-corrected chi connectivity index (χ0v) is 11.6. The minimum absolute atomic E-state index is 0.227. The summed E-state index contributed by atoms with van der Waals surface area (Å²) in [5, 5.41) is 0. The maximum absolute atomic E-state index is 11.8. The van der Waals surface area contributed by atoms with Crippen LogP contribution < -0.4 is 0 Å². The van der Waals surface area contributed by atoms with Crippen LogP contribution >= 0.6 is 0 Å². The van der Waals surface area contributed by atoms with Gasteiger partial charge in [0.15, 0.2) is 0 Å². The topological polar surface area (TPSA) is 52.6 Å². The van der Waals surface area contributed by atoms with Crippen molar-refractivity contribution >= 4 is 11.9 Å². The van der Waals surface area contributed by atoms with Crippen LogP contribution in [0.15, 0.2) is 30.3 Å². The molecule has 0 radical (unpaired) electrons. The van der Waals surface area contributed by atoms with Gasteiger partial charge in [-0.25, -0.2) is 4.79 Å². The van der Waals surface area contributed by atoms with Crippen LogP contribution in [-0.2, 0) is 14.3 Å². The Balaban J connectivity index is 2.53. The van der Waals surface area contributed by atoms with Crippen molar-refractivity contribution in [2.24, 2.45) is 5.41 Å². The number of benzene rings is 1. The lowest BCUT2D eigenvalue weighted by atomic mass is 9.90. The molecular weight excluding hydrogens is 244 g/mol. The van der Waals surface area contributed by atoms with Crippen LogP contribution in [0.1, 0.15) is 37.6 Å². The maximum atomic E-state index is 11.8. The van der Waals surface area contributed by atoms with Gasteiger partial charge in [-0.05, 0) is 18.6 Å². The third kappa shape index (κ3) is 5.12. The van der Waals surface area contributed by atoms with Gasteiger partial charge in [0, 0.05) is 12.3 Å². The molecule has 0 aromatic heterocycles. The summed E-state index contributed by atoms with van der Waals surface area (Å²) in [6.07, 6.45) is 0.752. The molecule has 0 saturated carbocycles. The van der Waals surface area contributed by atoms with Crippen molar-refractivity contribution in [2.75, 3.05) is 13.2 Å². The first-order valence-electron chi connectivity index (χ1n) is 6.32. The van der Waals surface area contributed by atoms with Crippen molar-refractivity contribution in [3.63, 3.8) is 0 Å². The first-order valence-corrected chi connectivity index (χ1v) is 6.32. The van der Waals surface area contributed by atoms with Crippen molar-refractivity contribution in [1.82, 2.24) is 0 Å². The van der Waals surface area contributed by atoms with E-state index in [9.17, 15) is 9.59 Å². The fourth-order valence-corrected chi connectivity index (χ4v) is 1.42. The predicted octanol–water partition coefficient (Wildman–Crippen LogP) is 2.82. The van der Waals surface area contributed by atoms with Crippen LogP contribution in [0.25, 0.3) is 0 Å². The summed E-state index contributed by atoms with van der Waals surface area (Å²) in [6.45, 7) is 5.74. The number of rotatable bonds is 6. The van der Waals surface area contributed by atoms with Crippen LogP contribution in [0.4, 0.5) is 0 Å². The fraction of sp³-hybridized carbons (Fsp3) is 0.467. The highest BCUT2D eigenvalue weighted by Crippen LogP contribution is 2.22. The monoisotopic (exact) mass is 264 g/mol. The van der Waals surface area contributed by atoms with Crippen molar-refractivity contribution in [2.45, 2.75) is 27.2 Å². The maximum Gasteiger partial charge on any atom is 0.338 e. The molecule has 104 valence electrons. The summed E-state index contributed by atoms with van der Waals surface area (Å²) in [7, 11) is 0. The lowest BCUT2D eigenvalue weighted by Gasteiger charge is -2.26. The molecule has 4 heteroatoms. The molecule has 0 aliphatic carbocycles. The second-order valence-corrected chi connectivity index (χ2v) is 4.89. The highest BCUT2D eigenvalue weighted by Gasteiger charge is 2.26. The van der Waals surface area contributed by atoms with E-state index in [1.54, 1.807) is 24.3 Å². The van der Waals surface area contributed by atoms with Crippen LogP contribution in [0.3, 0.4) is 0 Å². The van der Waals surface area contributed by atoms with Gasteiger partial charge in [-0.15, -0.1) is 0 Å². The Morgan fingerprint density at radius 3 is 2.21 bits per heavy atom. The summed E-state index contributed by atoms with van der Waals surface area (Å²) in [5.41, 5.74) is 0.171.